The Labute approximate surface area is 221 Å². The summed E-state index contributed by atoms with van der Waals surface area (Å²) in [7, 11) is 0. The average Bonchev–Trinajstić information content (AvgIpc) is 3.37. The highest BCUT2D eigenvalue weighted by Gasteiger charge is 2.41. The van der Waals surface area contributed by atoms with Crippen molar-refractivity contribution >= 4 is 0 Å². The number of aryl methyl sites for hydroxylation is 1. The average molecular weight is 488 g/mol. The van der Waals surface area contributed by atoms with Crippen molar-refractivity contribution in [2.24, 2.45) is 0 Å². The third kappa shape index (κ3) is 8.36. The smallest absolute Gasteiger partial charge is 0.247 e. The van der Waals surface area contributed by atoms with E-state index in [0.29, 0.717) is 5.92 Å². The highest BCUT2D eigenvalue weighted by atomic mass is 15.1. The molecule has 0 radical (unpaired) electrons. The Hall–Kier alpha value is -2.35. The maximum absolute atomic E-state index is 3.73. The van der Waals surface area contributed by atoms with Gasteiger partial charge in [0.05, 0.1) is 12.5 Å². The van der Waals surface area contributed by atoms with Crippen molar-refractivity contribution in [1.29, 1.82) is 0 Å². The van der Waals surface area contributed by atoms with E-state index in [9.17, 15) is 0 Å². The monoisotopic (exact) mass is 487 g/mol. The van der Waals surface area contributed by atoms with Crippen molar-refractivity contribution in [3.63, 3.8) is 0 Å². The first-order valence-corrected chi connectivity index (χ1v) is 14.8. The lowest BCUT2D eigenvalue weighted by atomic mass is 9.66. The molecule has 2 atom stereocenters. The number of hydrogen-bond donors (Lipinski definition) is 1. The van der Waals surface area contributed by atoms with Gasteiger partial charge in [-0.2, -0.15) is 0 Å². The Morgan fingerprint density at radius 2 is 1.31 bits per heavy atom. The van der Waals surface area contributed by atoms with Gasteiger partial charge in [-0.05, 0) is 36.8 Å². The van der Waals surface area contributed by atoms with Crippen LogP contribution in [0, 0.1) is 0 Å². The lowest BCUT2D eigenvalue weighted by Gasteiger charge is -2.37. The first kappa shape index (κ1) is 28.2. The summed E-state index contributed by atoms with van der Waals surface area (Å²) in [5.41, 5.74) is 2.89. The van der Waals surface area contributed by atoms with E-state index in [0.717, 1.165) is 13.0 Å². The number of imidazole rings is 1. The van der Waals surface area contributed by atoms with Crippen molar-refractivity contribution in [3.8, 4) is 0 Å². The molecule has 0 fully saturated rings. The van der Waals surface area contributed by atoms with Gasteiger partial charge in [-0.1, -0.05) is 139 Å². The number of aromatic amines is 1. The van der Waals surface area contributed by atoms with Gasteiger partial charge < -0.3 is 0 Å². The zero-order chi connectivity index (χ0) is 25.5. The van der Waals surface area contributed by atoms with Crippen LogP contribution in [0.1, 0.15) is 121 Å². The molecule has 2 aromatic carbocycles. The standard InChI is InChI=1S/C34H50N2/c1-4-6-8-9-10-11-12-20-27-36-28-26-35-33(36)32(25-15-7-5-2)34(3,31-23-18-14-19-24-31)29-30-21-16-13-17-22-30/h13-14,16-19,21-24,26,28,32H,4-12,15,20,25,27,29H2,1-3H3/p+1. The molecule has 2 nitrogen and oxygen atoms in total. The van der Waals surface area contributed by atoms with E-state index in [-0.39, 0.29) is 5.41 Å². The van der Waals surface area contributed by atoms with E-state index >= 15 is 0 Å². The Morgan fingerprint density at radius 1 is 0.722 bits per heavy atom. The van der Waals surface area contributed by atoms with E-state index in [2.05, 4.69) is 103 Å². The molecule has 3 aromatic rings. The molecule has 0 saturated carbocycles. The van der Waals surface area contributed by atoms with Crippen LogP contribution in [0.25, 0.3) is 0 Å². The zero-order valence-corrected chi connectivity index (χ0v) is 23.4. The van der Waals surface area contributed by atoms with Gasteiger partial charge in [-0.15, -0.1) is 0 Å². The molecule has 2 unspecified atom stereocenters. The van der Waals surface area contributed by atoms with Gasteiger partial charge in [-0.3, -0.25) is 0 Å². The molecule has 0 amide bonds. The third-order valence-corrected chi connectivity index (χ3v) is 8.09. The zero-order valence-electron chi connectivity index (χ0n) is 23.4. The van der Waals surface area contributed by atoms with Crippen LogP contribution in [-0.4, -0.2) is 4.98 Å². The summed E-state index contributed by atoms with van der Waals surface area (Å²) < 4.78 is 2.54. The molecule has 3 rings (SSSR count). The predicted octanol–water partition coefficient (Wildman–Crippen LogP) is 9.31. The van der Waals surface area contributed by atoms with Crippen LogP contribution in [0.15, 0.2) is 73.1 Å². The summed E-state index contributed by atoms with van der Waals surface area (Å²) in [4.78, 5) is 3.73. The summed E-state index contributed by atoms with van der Waals surface area (Å²) in [5, 5.41) is 0. The van der Waals surface area contributed by atoms with Gasteiger partial charge in [0.1, 0.15) is 12.4 Å². The topological polar surface area (TPSA) is 19.7 Å². The molecule has 196 valence electrons. The molecule has 0 spiro atoms. The van der Waals surface area contributed by atoms with Crippen LogP contribution in [0.2, 0.25) is 0 Å². The number of unbranched alkanes of at least 4 members (excludes halogenated alkanes) is 9. The fraction of sp³-hybridized carbons (Fsp3) is 0.559. The van der Waals surface area contributed by atoms with Crippen LogP contribution in [-0.2, 0) is 18.4 Å². The molecule has 1 aromatic heterocycles. The largest absolute Gasteiger partial charge is 0.258 e. The second-order valence-electron chi connectivity index (χ2n) is 11.0. The number of H-pyrrole nitrogens is 1. The van der Waals surface area contributed by atoms with Gasteiger partial charge >= 0.3 is 0 Å². The van der Waals surface area contributed by atoms with E-state index in [4.69, 9.17) is 0 Å². The Kier molecular flexibility index (Phi) is 12.3. The van der Waals surface area contributed by atoms with Crippen LogP contribution < -0.4 is 4.57 Å². The minimum atomic E-state index is 0.0161. The van der Waals surface area contributed by atoms with Crippen LogP contribution in [0.3, 0.4) is 0 Å². The van der Waals surface area contributed by atoms with Crippen molar-refractivity contribution in [1.82, 2.24) is 4.98 Å². The van der Waals surface area contributed by atoms with Crippen molar-refractivity contribution < 1.29 is 4.57 Å². The van der Waals surface area contributed by atoms with E-state index < -0.39 is 0 Å². The van der Waals surface area contributed by atoms with Crippen molar-refractivity contribution in [2.75, 3.05) is 0 Å². The maximum Gasteiger partial charge on any atom is 0.258 e. The summed E-state index contributed by atoms with van der Waals surface area (Å²) in [6.45, 7) is 8.23. The first-order valence-electron chi connectivity index (χ1n) is 14.8. The number of hydrogen-bond acceptors (Lipinski definition) is 0. The summed E-state index contributed by atoms with van der Waals surface area (Å²) >= 11 is 0. The molecular formula is C34H51N2+. The molecule has 0 saturated heterocycles. The maximum atomic E-state index is 3.73. The second kappa shape index (κ2) is 15.7. The molecule has 0 bridgehead atoms. The van der Waals surface area contributed by atoms with E-state index in [1.165, 1.54) is 94.0 Å². The Balaban J connectivity index is 1.80. The molecule has 1 N–H and O–H groups in total. The number of nitrogens with zero attached hydrogens (tertiary/aromatic N) is 1. The first-order chi connectivity index (χ1) is 17.7. The van der Waals surface area contributed by atoms with E-state index in [1.54, 1.807) is 0 Å². The fourth-order valence-electron chi connectivity index (χ4n) is 5.91. The SMILES string of the molecule is CCCCCCCCCC[n+]1cc[nH]c1C(CCCCC)C(C)(Cc1ccccc1)c1ccccc1. The number of rotatable bonds is 18. The minimum absolute atomic E-state index is 0.0161. The Bertz CT molecular complexity index is 946. The van der Waals surface area contributed by atoms with Gasteiger partial charge in [0, 0.05) is 5.41 Å². The van der Waals surface area contributed by atoms with Crippen molar-refractivity contribution in [2.45, 2.75) is 122 Å². The number of nitrogens with one attached hydrogen (secondary N) is 1. The van der Waals surface area contributed by atoms with Crippen LogP contribution >= 0.6 is 0 Å². The van der Waals surface area contributed by atoms with E-state index in [1.807, 2.05) is 0 Å². The molecular weight excluding hydrogens is 436 g/mol. The molecule has 0 aliphatic rings. The number of aromatic nitrogens is 2. The van der Waals surface area contributed by atoms with Crippen LogP contribution in [0.5, 0.6) is 0 Å². The lowest BCUT2D eigenvalue weighted by Crippen LogP contribution is -2.43. The van der Waals surface area contributed by atoms with Crippen LogP contribution in [0.4, 0.5) is 0 Å². The Morgan fingerprint density at radius 3 is 1.97 bits per heavy atom. The minimum Gasteiger partial charge on any atom is -0.247 e. The highest BCUT2D eigenvalue weighted by Crippen LogP contribution is 2.43. The molecule has 0 aliphatic carbocycles. The lowest BCUT2D eigenvalue weighted by molar-refractivity contribution is -0.705. The third-order valence-electron chi connectivity index (χ3n) is 8.09. The summed E-state index contributed by atoms with van der Waals surface area (Å²) in [5.74, 6) is 1.85. The quantitative estimate of drug-likeness (QED) is 0.136. The molecule has 2 heteroatoms. The predicted molar refractivity (Wildman–Crippen MR) is 154 cm³/mol. The molecule has 0 aliphatic heterocycles. The number of benzene rings is 2. The van der Waals surface area contributed by atoms with Crippen molar-refractivity contribution in [3.05, 3.63) is 90.0 Å². The molecule has 1 heterocycles. The van der Waals surface area contributed by atoms with Gasteiger partial charge in [0.25, 0.3) is 5.82 Å². The summed E-state index contributed by atoms with van der Waals surface area (Å²) in [6.07, 6.45) is 21.5. The highest BCUT2D eigenvalue weighted by molar-refractivity contribution is 5.32. The van der Waals surface area contributed by atoms with Gasteiger partial charge in [-0.25, -0.2) is 9.55 Å². The van der Waals surface area contributed by atoms with Gasteiger partial charge in [0.2, 0.25) is 0 Å². The fourth-order valence-corrected chi connectivity index (χ4v) is 5.91. The second-order valence-corrected chi connectivity index (χ2v) is 11.0. The molecule has 36 heavy (non-hydrogen) atoms. The van der Waals surface area contributed by atoms with Gasteiger partial charge in [0.15, 0.2) is 0 Å². The summed E-state index contributed by atoms with van der Waals surface area (Å²) in [6, 6.07) is 22.4. The normalized spacial score (nSPS) is 14.0.